The van der Waals surface area contributed by atoms with E-state index < -0.39 is 0 Å². The first kappa shape index (κ1) is 15.6. The van der Waals surface area contributed by atoms with Gasteiger partial charge in [0.15, 0.2) is 0 Å². The molecule has 0 spiro atoms. The Kier molecular flexibility index (Phi) is 4.34. The van der Waals surface area contributed by atoms with Gasteiger partial charge in [-0.3, -0.25) is 4.79 Å². The summed E-state index contributed by atoms with van der Waals surface area (Å²) in [6.45, 7) is 0. The van der Waals surface area contributed by atoms with Gasteiger partial charge in [0.1, 0.15) is 5.82 Å². The molecule has 1 aliphatic carbocycles. The van der Waals surface area contributed by atoms with E-state index in [2.05, 4.69) is 17.4 Å². The molecule has 0 aliphatic heterocycles. The Hall–Kier alpha value is -2.88. The molecule has 3 aromatic rings. The van der Waals surface area contributed by atoms with Crippen LogP contribution >= 0.6 is 0 Å². The Morgan fingerprint density at radius 2 is 1.72 bits per heavy atom. The van der Waals surface area contributed by atoms with E-state index in [0.29, 0.717) is 6.42 Å². The second kappa shape index (κ2) is 6.93. The van der Waals surface area contributed by atoms with Gasteiger partial charge < -0.3 is 5.32 Å². The fourth-order valence-corrected chi connectivity index (χ4v) is 3.37. The lowest BCUT2D eigenvalue weighted by Gasteiger charge is -2.11. The van der Waals surface area contributed by atoms with Crippen molar-refractivity contribution in [2.24, 2.45) is 0 Å². The van der Waals surface area contributed by atoms with Crippen molar-refractivity contribution in [2.45, 2.75) is 32.1 Å². The Morgan fingerprint density at radius 3 is 2.48 bits per heavy atom. The molecule has 126 valence electrons. The van der Waals surface area contributed by atoms with Gasteiger partial charge >= 0.3 is 0 Å². The predicted molar refractivity (Wildman–Crippen MR) is 99.0 cm³/mol. The number of nitrogens with zero attached hydrogens (tertiary/aromatic N) is 2. The van der Waals surface area contributed by atoms with Crippen LogP contribution in [0.4, 0.5) is 5.82 Å². The van der Waals surface area contributed by atoms with Crippen LogP contribution in [0.5, 0.6) is 0 Å². The number of nitrogens with one attached hydrogen (secondary N) is 1. The monoisotopic (exact) mass is 331 g/mol. The molecule has 25 heavy (non-hydrogen) atoms. The largest absolute Gasteiger partial charge is 0.310 e. The zero-order chi connectivity index (χ0) is 17.1. The molecule has 2 aromatic carbocycles. The van der Waals surface area contributed by atoms with Crippen LogP contribution in [0, 0.1) is 0 Å². The fourth-order valence-electron chi connectivity index (χ4n) is 3.37. The summed E-state index contributed by atoms with van der Waals surface area (Å²) >= 11 is 0. The zero-order valence-corrected chi connectivity index (χ0v) is 14.1. The molecule has 0 atom stereocenters. The summed E-state index contributed by atoms with van der Waals surface area (Å²) < 4.78 is 1.88. The van der Waals surface area contributed by atoms with Crippen LogP contribution in [-0.4, -0.2) is 15.7 Å². The summed E-state index contributed by atoms with van der Waals surface area (Å²) in [5.74, 6) is 0.882. The highest BCUT2D eigenvalue weighted by Gasteiger charge is 2.24. The van der Waals surface area contributed by atoms with Crippen LogP contribution in [0.2, 0.25) is 0 Å². The Morgan fingerprint density at radius 1 is 1.00 bits per heavy atom. The number of benzene rings is 2. The minimum atomic E-state index is 0.0376. The molecule has 1 aliphatic rings. The zero-order valence-electron chi connectivity index (χ0n) is 14.1. The van der Waals surface area contributed by atoms with Gasteiger partial charge in [-0.25, -0.2) is 4.68 Å². The molecular weight excluding hydrogens is 310 g/mol. The number of carbonyl (C=O) groups excluding carboxylic acids is 1. The number of carbonyl (C=O) groups is 1. The summed E-state index contributed by atoms with van der Waals surface area (Å²) in [5, 5.41) is 7.86. The lowest BCUT2D eigenvalue weighted by atomic mass is 10.1. The van der Waals surface area contributed by atoms with E-state index in [-0.39, 0.29) is 5.91 Å². The predicted octanol–water partition coefficient (Wildman–Crippen LogP) is 3.93. The normalized spacial score (nSPS) is 12.8. The quantitative estimate of drug-likeness (QED) is 0.770. The number of amides is 1. The number of para-hydroxylation sites is 1. The van der Waals surface area contributed by atoms with Crippen LogP contribution < -0.4 is 5.32 Å². The molecule has 4 rings (SSSR count). The van der Waals surface area contributed by atoms with Gasteiger partial charge in [-0.1, -0.05) is 48.5 Å². The Balaban J connectivity index is 1.54. The maximum Gasteiger partial charge on any atom is 0.225 e. The molecule has 4 heteroatoms. The van der Waals surface area contributed by atoms with Gasteiger partial charge in [0, 0.05) is 12.0 Å². The van der Waals surface area contributed by atoms with Crippen molar-refractivity contribution in [3.8, 4) is 5.69 Å². The number of hydrogen-bond donors (Lipinski definition) is 1. The van der Waals surface area contributed by atoms with Crippen LogP contribution in [-0.2, 0) is 24.1 Å². The highest BCUT2D eigenvalue weighted by molar-refractivity contribution is 5.91. The molecule has 0 unspecified atom stereocenters. The molecule has 0 radical (unpaired) electrons. The molecular formula is C21H21N3O. The summed E-state index contributed by atoms with van der Waals surface area (Å²) in [5.41, 5.74) is 4.47. The third-order valence-electron chi connectivity index (χ3n) is 4.65. The van der Waals surface area contributed by atoms with Gasteiger partial charge in [0.05, 0.1) is 11.4 Å². The molecule has 4 nitrogen and oxygen atoms in total. The van der Waals surface area contributed by atoms with Crippen LogP contribution in [0.15, 0.2) is 60.7 Å². The average Bonchev–Trinajstić information content (AvgIpc) is 3.24. The second-order valence-electron chi connectivity index (χ2n) is 6.41. The standard InChI is InChI=1S/C21H21N3O/c25-20(15-14-16-8-3-1-4-9-16)22-21-18-12-7-13-19(18)23-24(21)17-10-5-2-6-11-17/h1-6,8-11H,7,12-15H2,(H,22,25). The molecule has 0 saturated heterocycles. The summed E-state index contributed by atoms with van der Waals surface area (Å²) in [6.07, 6.45) is 4.30. The molecule has 1 aromatic heterocycles. The van der Waals surface area contributed by atoms with Gasteiger partial charge in [0.2, 0.25) is 5.91 Å². The van der Waals surface area contributed by atoms with Crippen LogP contribution in [0.25, 0.3) is 5.69 Å². The highest BCUT2D eigenvalue weighted by Crippen LogP contribution is 2.31. The van der Waals surface area contributed by atoms with E-state index >= 15 is 0 Å². The second-order valence-corrected chi connectivity index (χ2v) is 6.41. The number of fused-ring (bicyclic) bond motifs is 1. The number of aromatic nitrogens is 2. The number of rotatable bonds is 5. The van der Waals surface area contributed by atoms with Crippen molar-refractivity contribution >= 4 is 11.7 Å². The lowest BCUT2D eigenvalue weighted by molar-refractivity contribution is -0.116. The van der Waals surface area contributed by atoms with Crippen molar-refractivity contribution in [1.29, 1.82) is 0 Å². The maximum absolute atomic E-state index is 12.5. The first-order valence-electron chi connectivity index (χ1n) is 8.81. The first-order chi connectivity index (χ1) is 12.3. The Bertz CT molecular complexity index is 869. The minimum absolute atomic E-state index is 0.0376. The highest BCUT2D eigenvalue weighted by atomic mass is 16.1. The fraction of sp³-hybridized carbons (Fsp3) is 0.238. The minimum Gasteiger partial charge on any atom is -0.310 e. The Labute approximate surface area is 147 Å². The van der Waals surface area contributed by atoms with Gasteiger partial charge in [-0.2, -0.15) is 5.10 Å². The van der Waals surface area contributed by atoms with E-state index in [1.54, 1.807) is 0 Å². The summed E-state index contributed by atoms with van der Waals surface area (Å²) in [6, 6.07) is 20.1. The maximum atomic E-state index is 12.5. The average molecular weight is 331 g/mol. The number of aryl methyl sites for hydroxylation is 2. The van der Waals surface area contributed by atoms with Crippen LogP contribution in [0.3, 0.4) is 0 Å². The first-order valence-corrected chi connectivity index (χ1v) is 8.81. The van der Waals surface area contributed by atoms with Crippen molar-refractivity contribution in [2.75, 3.05) is 5.32 Å². The molecule has 1 N–H and O–H groups in total. The van der Waals surface area contributed by atoms with Gasteiger partial charge in [-0.15, -0.1) is 0 Å². The van der Waals surface area contributed by atoms with Gasteiger partial charge in [-0.05, 0) is 43.4 Å². The van der Waals surface area contributed by atoms with E-state index in [9.17, 15) is 4.79 Å². The van der Waals surface area contributed by atoms with Crippen molar-refractivity contribution in [1.82, 2.24) is 9.78 Å². The third-order valence-corrected chi connectivity index (χ3v) is 4.65. The SMILES string of the molecule is O=C(CCc1ccccc1)Nc1c2c(nn1-c1ccccc1)CCC2. The third kappa shape index (κ3) is 3.33. The van der Waals surface area contributed by atoms with Crippen molar-refractivity contribution in [3.63, 3.8) is 0 Å². The molecule has 1 heterocycles. The summed E-state index contributed by atoms with van der Waals surface area (Å²) in [4.78, 5) is 12.5. The molecule has 0 bridgehead atoms. The molecule has 0 fully saturated rings. The molecule has 0 saturated carbocycles. The van der Waals surface area contributed by atoms with Gasteiger partial charge in [0.25, 0.3) is 0 Å². The van der Waals surface area contributed by atoms with E-state index in [1.165, 1.54) is 11.1 Å². The summed E-state index contributed by atoms with van der Waals surface area (Å²) in [7, 11) is 0. The number of hydrogen-bond acceptors (Lipinski definition) is 2. The van der Waals surface area contributed by atoms with Crippen LogP contribution in [0.1, 0.15) is 29.7 Å². The smallest absolute Gasteiger partial charge is 0.225 e. The van der Waals surface area contributed by atoms with E-state index in [0.717, 1.165) is 42.9 Å². The molecule has 1 amide bonds. The van der Waals surface area contributed by atoms with E-state index in [1.807, 2.05) is 53.2 Å². The lowest BCUT2D eigenvalue weighted by Crippen LogP contribution is -2.16. The number of anilines is 1. The van der Waals surface area contributed by atoms with Crippen molar-refractivity contribution < 1.29 is 4.79 Å². The van der Waals surface area contributed by atoms with Crippen molar-refractivity contribution in [3.05, 3.63) is 77.5 Å². The topological polar surface area (TPSA) is 46.9 Å². The van der Waals surface area contributed by atoms with E-state index in [4.69, 9.17) is 5.10 Å².